The Balaban J connectivity index is 0.000000412. The zero-order valence-electron chi connectivity index (χ0n) is 57.0. The molecule has 541 valence electrons. The van der Waals surface area contributed by atoms with Crippen LogP contribution in [0.2, 0.25) is 0 Å². The number of alkyl halides is 2. The molecule has 0 aromatic heterocycles. The van der Waals surface area contributed by atoms with Gasteiger partial charge in [0.05, 0.1) is 30.8 Å². The van der Waals surface area contributed by atoms with E-state index in [1.807, 2.05) is 24.3 Å². The van der Waals surface area contributed by atoms with Gasteiger partial charge in [0.15, 0.2) is 5.78 Å². The van der Waals surface area contributed by atoms with Crippen molar-refractivity contribution < 1.29 is 85.7 Å². The molecule has 0 bridgehead atoms. The molecule has 2 unspecified atom stereocenters. The molecular weight excluding hydrogens is 1510 g/mol. The number of nitrogens with zero attached hydrogens (tertiary/aromatic N) is 2. The first-order valence-corrected chi connectivity index (χ1v) is 36.4. The molecule has 0 spiro atoms. The van der Waals surface area contributed by atoms with Crippen molar-refractivity contribution in [2.45, 2.75) is 66.4 Å². The van der Waals surface area contributed by atoms with E-state index in [2.05, 4.69) is 22.9 Å². The quantitative estimate of drug-likeness (QED) is 0.0241. The molecule has 10 aromatic carbocycles. The van der Waals surface area contributed by atoms with Crippen LogP contribution in [0.4, 0.5) is 43.9 Å². The number of nitriles is 2. The molecule has 0 radical (unpaired) electrons. The fourth-order valence-corrected chi connectivity index (χ4v) is 9.96. The summed E-state index contributed by atoms with van der Waals surface area (Å²) in [5.74, 6) is -3.76. The van der Waals surface area contributed by atoms with Crippen molar-refractivity contribution in [3.8, 4) is 12.1 Å². The van der Waals surface area contributed by atoms with E-state index in [9.17, 15) is 63.2 Å². The number of allylic oxidation sites excluding steroid dienone is 1. The van der Waals surface area contributed by atoms with Gasteiger partial charge in [0, 0.05) is 33.2 Å². The van der Waals surface area contributed by atoms with Crippen molar-refractivity contribution >= 4 is 63.9 Å². The van der Waals surface area contributed by atoms with Gasteiger partial charge in [-0.3, -0.25) is 9.59 Å². The van der Waals surface area contributed by atoms with Gasteiger partial charge in [-0.15, -0.1) is 23.2 Å². The summed E-state index contributed by atoms with van der Waals surface area (Å²) in [7, 11) is -2.03. The number of aliphatic hydroxyl groups excluding tert-OH is 1. The van der Waals surface area contributed by atoms with E-state index in [0.29, 0.717) is 61.9 Å². The van der Waals surface area contributed by atoms with E-state index in [0.717, 1.165) is 34.5 Å². The third-order valence-corrected chi connectivity index (χ3v) is 15.9. The van der Waals surface area contributed by atoms with Crippen LogP contribution < -0.4 is 0 Å². The van der Waals surface area contributed by atoms with Crippen molar-refractivity contribution in [3.05, 3.63) is 359 Å². The number of ketones is 1. The number of carbonyl (C=O) groups is 2. The summed E-state index contributed by atoms with van der Waals surface area (Å²) in [4.78, 5) is 22.3. The Bertz CT molecular complexity index is 4590. The van der Waals surface area contributed by atoms with Crippen molar-refractivity contribution in [1.29, 1.82) is 10.5 Å². The van der Waals surface area contributed by atoms with E-state index in [4.69, 9.17) is 41.4 Å². The Hall–Kier alpha value is -9.07. The maximum atomic E-state index is 13.7. The van der Waals surface area contributed by atoms with E-state index in [-0.39, 0.29) is 74.8 Å². The maximum absolute atomic E-state index is 13.7. The first-order valence-electron chi connectivity index (χ1n) is 30.8. The average molecular weight is 1580 g/mol. The van der Waals surface area contributed by atoms with Gasteiger partial charge in [0.2, 0.25) is 0 Å². The van der Waals surface area contributed by atoms with E-state index < -0.39 is 51.3 Å². The average Bonchev–Trinajstić information content (AvgIpc) is 0.839. The van der Waals surface area contributed by atoms with Crippen LogP contribution in [0, 0.1) is 115 Å². The molecular formula is C80H72BrCl2F10MnN2O6P. The number of aliphatic hydroxyl groups is 1. The van der Waals surface area contributed by atoms with Crippen LogP contribution >= 0.6 is 46.3 Å². The van der Waals surface area contributed by atoms with E-state index in [1.54, 1.807) is 114 Å². The summed E-state index contributed by atoms with van der Waals surface area (Å²) < 4.78 is 160. The van der Waals surface area contributed by atoms with Gasteiger partial charge >= 0.3 is 22.5 Å². The van der Waals surface area contributed by atoms with Crippen LogP contribution in [0.3, 0.4) is 0 Å². The Kier molecular flexibility index (Phi) is 41.9. The molecule has 10 aromatic rings. The fraction of sp³-hybridized carbons (Fsp3) is 0.175. The predicted octanol–water partition coefficient (Wildman–Crippen LogP) is 23.1. The van der Waals surface area contributed by atoms with Crippen molar-refractivity contribution in [2.75, 3.05) is 24.8 Å². The molecule has 8 nitrogen and oxygen atoms in total. The van der Waals surface area contributed by atoms with Crippen LogP contribution in [0.1, 0.15) is 119 Å². The molecule has 0 aliphatic rings. The number of hydrogen-bond acceptors (Lipinski definition) is 8. The monoisotopic (exact) mass is 1580 g/mol. The molecule has 0 saturated heterocycles. The van der Waals surface area contributed by atoms with Crippen LogP contribution in [-0.2, 0) is 27.1 Å². The van der Waals surface area contributed by atoms with Gasteiger partial charge in [-0.2, -0.15) is 10.5 Å². The van der Waals surface area contributed by atoms with Crippen molar-refractivity contribution in [2.24, 2.45) is 0 Å². The van der Waals surface area contributed by atoms with Gasteiger partial charge in [-0.25, -0.2) is 43.9 Å². The van der Waals surface area contributed by atoms with Crippen LogP contribution in [0.25, 0.3) is 5.57 Å². The van der Waals surface area contributed by atoms with Gasteiger partial charge in [-0.05, 0) is 218 Å². The normalized spacial score (nSPS) is 10.7. The molecule has 0 fully saturated rings. The standard InChI is InChI=1S/C17H18F2.C16H11F2N.C14H12F2O.C14H10F2O.C8H7FO.C6H4BrF.C4H8NOP.CH2Cl2.Mn.2O/c1-3-6-16(13-7-4-8-14(18)11-13)15-9-5-10-17(19)12(15)2;1-11-14(6-3-7-16(11)18)15(8-9-19)12-4-2-5-13(17)10-12;2*1-9-12(6-3-7-13(9)16)14(17)10-4-2-5-11(15)8-10;1-6-7(5-10)3-2-4-8(6)9;7-5-2-1-3-6(8)4-5;1-7(2,6)4-3-5;2-1-3;;;/h4-5,7-11,16H,3,6H2,1-2H3;2-8,10H,1H3;2-8,14,17H,1H3;2-8H,1H3;2-5H,1H3;1-4H;4H2,1-2H3;1H2;;;/b;15-8-;;;;;;;;;. The minimum absolute atomic E-state index is 0.0522. The number of rotatable bonds is 12. The van der Waals surface area contributed by atoms with Crippen LogP contribution in [0.15, 0.2) is 223 Å². The molecule has 2 atom stereocenters. The van der Waals surface area contributed by atoms with Gasteiger partial charge in [-0.1, -0.05) is 145 Å². The third-order valence-electron chi connectivity index (χ3n) is 14.5. The molecule has 0 aliphatic heterocycles. The molecule has 0 heterocycles. The van der Waals surface area contributed by atoms with Gasteiger partial charge in [0.25, 0.3) is 0 Å². The SMILES string of the molecule is CCCC(c1cccc(F)c1)c1cccc(F)c1C.CP(C)(=O)CC#N.Cc1c(F)cccc1/C(=C\C#N)c1cccc(F)c1.Cc1c(F)cccc1C(=O)c1cccc(F)c1.Cc1c(F)cccc1C(O)c1cccc(F)c1.Cc1c(F)cccc1C=O.ClCCl.Fc1cccc(Br)c1.[O]=[Mn]=[O]. The molecule has 0 amide bonds. The van der Waals surface area contributed by atoms with Gasteiger partial charge < -0.3 is 9.67 Å². The second-order valence-electron chi connectivity index (χ2n) is 22.2. The predicted molar refractivity (Wildman–Crippen MR) is 386 cm³/mol. The summed E-state index contributed by atoms with van der Waals surface area (Å²) in [6.07, 6.45) is 2.99. The Labute approximate surface area is 618 Å². The summed E-state index contributed by atoms with van der Waals surface area (Å²) in [6.45, 7) is 13.4. The zero-order chi connectivity index (χ0) is 77.4. The minimum atomic E-state index is -2.03. The Morgan fingerprint density at radius 3 is 1.33 bits per heavy atom. The summed E-state index contributed by atoms with van der Waals surface area (Å²) in [5, 5.41) is 27.1. The number of halogens is 13. The number of aldehydes is 1. The number of hydrogen-bond donors (Lipinski definition) is 1. The van der Waals surface area contributed by atoms with Crippen molar-refractivity contribution in [1.82, 2.24) is 0 Å². The molecule has 0 saturated carbocycles. The Morgan fingerprint density at radius 1 is 0.524 bits per heavy atom. The summed E-state index contributed by atoms with van der Waals surface area (Å²) >= 11 is 11.2. The number of carbonyl (C=O) groups excluding carboxylic acids is 2. The second kappa shape index (κ2) is 48.0. The molecule has 1 N–H and O–H groups in total. The van der Waals surface area contributed by atoms with Crippen LogP contribution in [-0.4, -0.2) is 42.0 Å². The Morgan fingerprint density at radius 2 is 0.903 bits per heavy atom. The molecule has 23 heteroatoms. The van der Waals surface area contributed by atoms with Crippen LogP contribution in [0.5, 0.6) is 0 Å². The van der Waals surface area contributed by atoms with Crippen molar-refractivity contribution in [3.63, 3.8) is 0 Å². The van der Waals surface area contributed by atoms with E-state index in [1.165, 1.54) is 134 Å². The summed E-state index contributed by atoms with van der Waals surface area (Å²) in [5.41, 5.74) is 7.45. The molecule has 103 heavy (non-hydrogen) atoms. The molecule has 0 aliphatic carbocycles. The second-order valence-corrected chi connectivity index (χ2v) is 27.6. The number of benzene rings is 10. The molecule has 10 rings (SSSR count). The van der Waals surface area contributed by atoms with E-state index >= 15 is 0 Å². The van der Waals surface area contributed by atoms with Gasteiger partial charge in [0.1, 0.15) is 70.6 Å². The summed E-state index contributed by atoms with van der Waals surface area (Å²) in [6, 6.07) is 56.6. The third kappa shape index (κ3) is 32.0. The first kappa shape index (κ1) is 90.0. The zero-order valence-corrected chi connectivity index (χ0v) is 62.1. The fourth-order valence-electron chi connectivity index (χ4n) is 9.25. The topological polar surface area (TPSA) is 153 Å². The first-order chi connectivity index (χ1) is 48.9.